The number of nitrogens with two attached hydrogens (primary N) is 2. The van der Waals surface area contributed by atoms with Crippen molar-refractivity contribution >= 4 is 70.6 Å². The molecule has 16 nitrogen and oxygen atoms in total. The minimum Gasteiger partial charge on any atom is -0.461 e. The van der Waals surface area contributed by atoms with Gasteiger partial charge in [-0.05, 0) is 35.8 Å². The second-order valence-electron chi connectivity index (χ2n) is 14.3. The average Bonchev–Trinajstić information content (AvgIpc) is 3.18. The number of esters is 2. The van der Waals surface area contributed by atoms with Crippen molar-refractivity contribution in [3.63, 3.8) is 0 Å². The van der Waals surface area contributed by atoms with Crippen molar-refractivity contribution in [3.05, 3.63) is 71.8 Å². The minimum atomic E-state index is -2.41. The van der Waals surface area contributed by atoms with Crippen molar-refractivity contribution in [3.8, 4) is 0 Å². The molecule has 0 saturated heterocycles. The molecule has 0 aliphatic carbocycles. The fourth-order valence-corrected chi connectivity index (χ4v) is 5.51. The van der Waals surface area contributed by atoms with Gasteiger partial charge in [-0.25, -0.2) is 18.8 Å². The van der Waals surface area contributed by atoms with E-state index in [1.54, 1.807) is 24.3 Å². The number of benzene rings is 2. The highest BCUT2D eigenvalue weighted by Gasteiger charge is 2.31. The number of ether oxygens (including phenoxy) is 2. The number of primary amides is 2. The maximum absolute atomic E-state index is 13.2. The summed E-state index contributed by atoms with van der Waals surface area (Å²) in [6, 6.07) is 18.1. The third kappa shape index (κ3) is 22.7. The molecule has 0 bridgehead atoms. The summed E-state index contributed by atoms with van der Waals surface area (Å²) in [5.41, 5.74) is 11.4. The summed E-state index contributed by atoms with van der Waals surface area (Å²) >= 11 is 10.3. The maximum Gasteiger partial charge on any atom is 0.306 e. The zero-order chi connectivity index (χ0) is 45.4. The third-order valence-electron chi connectivity index (χ3n) is 8.12. The first-order valence-corrected chi connectivity index (χ1v) is 19.8. The Kier molecular flexibility index (Phi) is 24.7. The van der Waals surface area contributed by atoms with Gasteiger partial charge in [0.25, 0.3) is 23.1 Å². The molecule has 0 aliphatic heterocycles. The molecule has 2 aromatic carbocycles. The summed E-state index contributed by atoms with van der Waals surface area (Å²) in [4.78, 5) is 95.5. The van der Waals surface area contributed by atoms with Crippen LogP contribution < -0.4 is 22.3 Å². The minimum absolute atomic E-state index is 0.0550. The number of hydrazine groups is 2. The first kappa shape index (κ1) is 52.7. The van der Waals surface area contributed by atoms with Gasteiger partial charge in [0.2, 0.25) is 23.6 Å². The molecular weight excluding hydrogens is 833 g/mol. The molecule has 0 saturated carbocycles. The monoisotopic (exact) mass is 886 g/mol. The molecule has 6 amide bonds. The summed E-state index contributed by atoms with van der Waals surface area (Å²) in [7, 11) is 0. The standard InChI is InChI=1S/2C20H27ClFN3O5/c2*1-13(2)10-15(11-17(27)30-12-14-6-4-3-5-7-14)19(28)24-25(9-8-16(23)26)20(29)18(21)22/h2*3-7,13,15,18H,8-12H2,1-2H3,(H2,23,26)(H,24,28)/t15-,18+;15-,18-/m11/s1. The van der Waals surface area contributed by atoms with Crippen molar-refractivity contribution < 1.29 is 56.6 Å². The predicted molar refractivity (Wildman–Crippen MR) is 216 cm³/mol. The Morgan fingerprint density at radius 3 is 1.18 bits per heavy atom. The lowest BCUT2D eigenvalue weighted by Crippen LogP contribution is -2.51. The number of carbonyl (C=O) groups excluding carboxylic acids is 8. The van der Waals surface area contributed by atoms with Gasteiger partial charge in [-0.15, -0.1) is 0 Å². The quantitative estimate of drug-likeness (QED) is 0.0750. The van der Waals surface area contributed by atoms with E-state index in [0.717, 1.165) is 11.1 Å². The smallest absolute Gasteiger partial charge is 0.306 e. The van der Waals surface area contributed by atoms with Crippen LogP contribution in [-0.4, -0.2) is 81.8 Å². The highest BCUT2D eigenvalue weighted by atomic mass is 35.5. The van der Waals surface area contributed by atoms with Crippen molar-refractivity contribution in [1.82, 2.24) is 20.9 Å². The first-order valence-electron chi connectivity index (χ1n) is 19.0. The molecule has 2 aromatic rings. The summed E-state index contributed by atoms with van der Waals surface area (Å²) in [6.45, 7) is 6.89. The van der Waals surface area contributed by atoms with Crippen LogP contribution in [0, 0.1) is 23.7 Å². The van der Waals surface area contributed by atoms with E-state index in [9.17, 15) is 47.1 Å². The molecule has 6 N–H and O–H groups in total. The topological polar surface area (TPSA) is 238 Å². The van der Waals surface area contributed by atoms with E-state index < -0.39 is 70.5 Å². The van der Waals surface area contributed by atoms with E-state index in [1.807, 2.05) is 64.1 Å². The van der Waals surface area contributed by atoms with Crippen LogP contribution in [0.25, 0.3) is 0 Å². The molecule has 2 rings (SSSR count). The van der Waals surface area contributed by atoms with Crippen LogP contribution in [0.4, 0.5) is 8.78 Å². The fourth-order valence-electron chi connectivity index (χ4n) is 5.27. The second kappa shape index (κ2) is 28.2. The molecule has 0 heterocycles. The van der Waals surface area contributed by atoms with Crippen LogP contribution in [0.15, 0.2) is 60.7 Å². The molecule has 332 valence electrons. The molecule has 4 atom stereocenters. The molecule has 60 heavy (non-hydrogen) atoms. The molecule has 0 radical (unpaired) electrons. The maximum atomic E-state index is 13.2. The molecule has 20 heteroatoms. The van der Waals surface area contributed by atoms with Gasteiger partial charge >= 0.3 is 11.9 Å². The summed E-state index contributed by atoms with van der Waals surface area (Å²) in [5, 5.41) is 1.21. The van der Waals surface area contributed by atoms with Gasteiger partial charge in [-0.3, -0.25) is 49.2 Å². The Labute approximate surface area is 357 Å². The number of nitrogens with one attached hydrogen (secondary N) is 2. The van der Waals surface area contributed by atoms with Crippen molar-refractivity contribution in [2.45, 2.75) is 90.7 Å². The lowest BCUT2D eigenvalue weighted by molar-refractivity contribution is -0.151. The normalized spacial score (nSPS) is 12.7. The molecular formula is C40H54Cl2F2N6O10. The lowest BCUT2D eigenvalue weighted by atomic mass is 9.93. The van der Waals surface area contributed by atoms with Gasteiger partial charge < -0.3 is 20.9 Å². The summed E-state index contributed by atoms with van der Waals surface area (Å²) in [5.74, 6) is -8.04. The Bertz CT molecular complexity index is 1580. The largest absolute Gasteiger partial charge is 0.461 e. The van der Waals surface area contributed by atoms with Gasteiger partial charge in [0.1, 0.15) is 13.2 Å². The molecule has 0 unspecified atom stereocenters. The van der Waals surface area contributed by atoms with Gasteiger partial charge in [0, 0.05) is 12.8 Å². The fraction of sp³-hybridized carbons (Fsp3) is 0.500. The number of rotatable bonds is 22. The Morgan fingerprint density at radius 1 is 0.600 bits per heavy atom. The van der Waals surface area contributed by atoms with Crippen LogP contribution in [0.3, 0.4) is 0 Å². The van der Waals surface area contributed by atoms with E-state index in [-0.39, 0.29) is 63.8 Å². The number of amides is 6. The summed E-state index contributed by atoms with van der Waals surface area (Å²) in [6.07, 6.45) is -0.412. The van der Waals surface area contributed by atoms with Crippen LogP contribution in [0.2, 0.25) is 0 Å². The molecule has 0 aliphatic rings. The Hall–Kier alpha value is -5.36. The number of alkyl halides is 4. The predicted octanol–water partition coefficient (Wildman–Crippen LogP) is 4.10. The average molecular weight is 888 g/mol. The van der Waals surface area contributed by atoms with Gasteiger partial charge in [0.05, 0.1) is 37.8 Å². The Morgan fingerprint density at radius 2 is 0.917 bits per heavy atom. The van der Waals surface area contributed by atoms with Crippen LogP contribution >= 0.6 is 23.2 Å². The number of carbonyl (C=O) groups is 8. The van der Waals surface area contributed by atoms with Crippen molar-refractivity contribution in [2.24, 2.45) is 35.1 Å². The van der Waals surface area contributed by atoms with E-state index >= 15 is 0 Å². The van der Waals surface area contributed by atoms with Crippen molar-refractivity contribution in [1.29, 1.82) is 0 Å². The SMILES string of the molecule is CC(C)C[C@H](CC(=O)OCc1ccccc1)C(=O)NN(CCC(N)=O)C(=O)[C@@H](F)Cl.CC(C)C[C@H](CC(=O)OCc1ccccc1)C(=O)NN(CCC(N)=O)C(=O)[C@H](F)Cl. The number of halogens is 4. The van der Waals surface area contributed by atoms with Crippen molar-refractivity contribution in [2.75, 3.05) is 13.1 Å². The third-order valence-corrected chi connectivity index (χ3v) is 8.50. The summed E-state index contributed by atoms with van der Waals surface area (Å²) < 4.78 is 36.9. The van der Waals surface area contributed by atoms with E-state index in [0.29, 0.717) is 22.9 Å². The van der Waals surface area contributed by atoms with Crippen LogP contribution in [0.1, 0.15) is 77.3 Å². The Balaban J connectivity index is 0.000000600. The van der Waals surface area contributed by atoms with Crippen LogP contribution in [0.5, 0.6) is 0 Å². The lowest BCUT2D eigenvalue weighted by Gasteiger charge is -2.26. The second-order valence-corrected chi connectivity index (χ2v) is 15.1. The van der Waals surface area contributed by atoms with Gasteiger partial charge in [0.15, 0.2) is 0 Å². The van der Waals surface area contributed by atoms with Crippen LogP contribution in [-0.2, 0) is 61.0 Å². The van der Waals surface area contributed by atoms with Gasteiger partial charge in [-0.1, -0.05) is 112 Å². The van der Waals surface area contributed by atoms with E-state index in [4.69, 9.17) is 44.1 Å². The van der Waals surface area contributed by atoms with Gasteiger partial charge in [-0.2, -0.15) is 0 Å². The zero-order valence-corrected chi connectivity index (χ0v) is 35.5. The highest BCUT2D eigenvalue weighted by Crippen LogP contribution is 2.19. The first-order chi connectivity index (χ1) is 28.2. The highest BCUT2D eigenvalue weighted by molar-refractivity contribution is 6.29. The van der Waals surface area contributed by atoms with E-state index in [2.05, 4.69) is 10.9 Å². The number of nitrogens with zero attached hydrogens (tertiary/aromatic N) is 2. The molecule has 0 spiro atoms. The van der Waals surface area contributed by atoms with E-state index in [1.165, 1.54) is 0 Å². The molecule has 0 aromatic heterocycles. The number of hydrogen-bond donors (Lipinski definition) is 4. The zero-order valence-electron chi connectivity index (χ0n) is 34.0. The number of hydrogen-bond acceptors (Lipinski definition) is 10. The molecule has 0 fully saturated rings.